The lowest BCUT2D eigenvalue weighted by molar-refractivity contribution is 1.74. The fraction of sp³-hybridized carbons (Fsp3) is 0. The summed E-state index contributed by atoms with van der Waals surface area (Å²) < 4.78 is 0. The molecule has 0 saturated carbocycles. The summed E-state index contributed by atoms with van der Waals surface area (Å²) in [5.74, 6) is 0. The maximum atomic E-state index is 2.24. The molecule has 0 bridgehead atoms. The topological polar surface area (TPSA) is 0 Å². The second-order valence-electron chi connectivity index (χ2n) is 7.79. The molecule has 6 rings (SSSR count). The molecule has 1 heteroatoms. The van der Waals surface area contributed by atoms with Gasteiger partial charge in [0.05, 0.1) is 7.92 Å². The zero-order valence-electron chi connectivity index (χ0n) is 17.9. The molecule has 0 heterocycles. The SMILES string of the molecule is c1ccc([PH+](c2ccccc2)c2ccccc2)cc1.c1ccc2c(c1)c[c-]1ccccc21. The minimum absolute atomic E-state index is 0.877. The smallest absolute Gasteiger partial charge is 0.102 e. The van der Waals surface area contributed by atoms with Gasteiger partial charge in [0.15, 0.2) is 0 Å². The van der Waals surface area contributed by atoms with Crippen molar-refractivity contribution < 1.29 is 0 Å². The van der Waals surface area contributed by atoms with Gasteiger partial charge in [0.1, 0.15) is 15.9 Å². The van der Waals surface area contributed by atoms with Gasteiger partial charge in [0, 0.05) is 0 Å². The molecule has 0 fully saturated rings. The average molecular weight is 429 g/mol. The van der Waals surface area contributed by atoms with Crippen LogP contribution in [0.1, 0.15) is 0 Å². The monoisotopic (exact) mass is 428 g/mol. The fourth-order valence-corrected chi connectivity index (χ4v) is 6.80. The van der Waals surface area contributed by atoms with Crippen molar-refractivity contribution >= 4 is 45.4 Å². The van der Waals surface area contributed by atoms with Crippen LogP contribution in [0.4, 0.5) is 0 Å². The first kappa shape index (κ1) is 20.3. The first-order chi connectivity index (χ1) is 15.9. The predicted molar refractivity (Wildman–Crippen MR) is 144 cm³/mol. The van der Waals surface area contributed by atoms with E-state index in [0.29, 0.717) is 0 Å². The zero-order valence-corrected chi connectivity index (χ0v) is 18.9. The Hall–Kier alpha value is -3.60. The Morgan fingerprint density at radius 1 is 0.438 bits per heavy atom. The van der Waals surface area contributed by atoms with Crippen LogP contribution < -0.4 is 15.9 Å². The van der Waals surface area contributed by atoms with Gasteiger partial charge < -0.3 is 0 Å². The third kappa shape index (κ3) is 4.37. The molecule has 0 amide bonds. The van der Waals surface area contributed by atoms with Gasteiger partial charge in [0.25, 0.3) is 0 Å². The van der Waals surface area contributed by atoms with E-state index in [4.69, 9.17) is 0 Å². The molecule has 32 heavy (non-hydrogen) atoms. The van der Waals surface area contributed by atoms with Gasteiger partial charge in [-0.1, -0.05) is 84.2 Å². The summed E-state index contributed by atoms with van der Waals surface area (Å²) in [6.45, 7) is 0. The minimum atomic E-state index is -0.877. The molecule has 0 aliphatic rings. The summed E-state index contributed by atoms with van der Waals surface area (Å²) in [5.41, 5.74) is 0. The third-order valence-corrected chi connectivity index (χ3v) is 8.44. The summed E-state index contributed by atoms with van der Waals surface area (Å²) in [6, 6.07) is 51.8. The molecule has 0 unspecified atom stereocenters. The maximum Gasteiger partial charge on any atom is 0.102 e. The molecule has 0 spiro atoms. The highest BCUT2D eigenvalue weighted by Gasteiger charge is 2.24. The van der Waals surface area contributed by atoms with Crippen LogP contribution >= 0.6 is 7.92 Å². The van der Waals surface area contributed by atoms with Crippen LogP contribution in [0.3, 0.4) is 0 Å². The van der Waals surface area contributed by atoms with Crippen molar-refractivity contribution in [3.8, 4) is 0 Å². The second kappa shape index (κ2) is 9.69. The van der Waals surface area contributed by atoms with E-state index >= 15 is 0 Å². The highest BCUT2D eigenvalue weighted by molar-refractivity contribution is 7.79. The van der Waals surface area contributed by atoms with Crippen LogP contribution in [0, 0.1) is 0 Å². The number of rotatable bonds is 3. The first-order valence-electron chi connectivity index (χ1n) is 11.0. The van der Waals surface area contributed by atoms with Gasteiger partial charge in [-0.2, -0.15) is 0 Å². The molecule has 0 aliphatic heterocycles. The van der Waals surface area contributed by atoms with Crippen molar-refractivity contribution in [3.05, 3.63) is 146 Å². The largest absolute Gasteiger partial charge is 0.129 e. The molecule has 0 radical (unpaired) electrons. The lowest BCUT2D eigenvalue weighted by Crippen LogP contribution is -2.20. The Morgan fingerprint density at radius 2 is 0.906 bits per heavy atom. The van der Waals surface area contributed by atoms with Crippen molar-refractivity contribution in [2.45, 2.75) is 0 Å². The molecule has 0 aliphatic carbocycles. The molecule has 6 aromatic rings. The van der Waals surface area contributed by atoms with Gasteiger partial charge in [0.2, 0.25) is 0 Å². The Bertz CT molecular complexity index is 1260. The molecule has 0 saturated heterocycles. The summed E-state index contributed by atoms with van der Waals surface area (Å²) >= 11 is 0. The van der Waals surface area contributed by atoms with E-state index in [1.54, 1.807) is 0 Å². The zero-order chi connectivity index (χ0) is 21.6. The minimum Gasteiger partial charge on any atom is -0.129 e. The lowest BCUT2D eigenvalue weighted by Gasteiger charge is -2.10. The molecular weight excluding hydrogens is 403 g/mol. The Balaban J connectivity index is 0.000000144. The number of hydrogen-bond donors (Lipinski definition) is 0. The highest BCUT2D eigenvalue weighted by atomic mass is 31.1. The average Bonchev–Trinajstić information content (AvgIpc) is 3.26. The van der Waals surface area contributed by atoms with Crippen LogP contribution in [-0.4, -0.2) is 0 Å². The van der Waals surface area contributed by atoms with Gasteiger partial charge in [-0.25, -0.2) is 0 Å². The van der Waals surface area contributed by atoms with E-state index in [-0.39, 0.29) is 0 Å². The number of hydrogen-bond acceptors (Lipinski definition) is 0. The van der Waals surface area contributed by atoms with Crippen LogP contribution in [-0.2, 0) is 0 Å². The van der Waals surface area contributed by atoms with E-state index in [0.717, 1.165) is 0 Å². The fourth-order valence-electron chi connectivity index (χ4n) is 4.22. The molecule has 154 valence electrons. The predicted octanol–water partition coefficient (Wildman–Crippen LogP) is 6.89. The second-order valence-corrected chi connectivity index (χ2v) is 10.3. The molecule has 0 aromatic heterocycles. The molecule has 0 N–H and O–H groups in total. The molecule has 6 aromatic carbocycles. The van der Waals surface area contributed by atoms with Crippen molar-refractivity contribution in [3.63, 3.8) is 0 Å². The normalized spacial score (nSPS) is 10.8. The summed E-state index contributed by atoms with van der Waals surface area (Å²) in [6.07, 6.45) is 0. The first-order valence-corrected chi connectivity index (χ1v) is 12.5. The Labute approximate surface area is 190 Å². The summed E-state index contributed by atoms with van der Waals surface area (Å²) in [4.78, 5) is 0. The highest BCUT2D eigenvalue weighted by Crippen LogP contribution is 2.32. The maximum absolute atomic E-state index is 2.24. The van der Waals surface area contributed by atoms with Crippen LogP contribution in [0.15, 0.2) is 146 Å². The van der Waals surface area contributed by atoms with E-state index in [9.17, 15) is 0 Å². The summed E-state index contributed by atoms with van der Waals surface area (Å²) in [5, 5.41) is 9.70. The van der Waals surface area contributed by atoms with Crippen LogP contribution in [0.25, 0.3) is 21.5 Å². The van der Waals surface area contributed by atoms with Crippen molar-refractivity contribution in [1.29, 1.82) is 0 Å². The molecule has 0 atom stereocenters. The van der Waals surface area contributed by atoms with Gasteiger partial charge in [-0.3, -0.25) is 0 Å². The van der Waals surface area contributed by atoms with E-state index in [1.165, 1.54) is 37.5 Å². The Morgan fingerprint density at radius 3 is 1.47 bits per heavy atom. The van der Waals surface area contributed by atoms with E-state index < -0.39 is 7.92 Å². The van der Waals surface area contributed by atoms with Crippen molar-refractivity contribution in [2.24, 2.45) is 0 Å². The lowest BCUT2D eigenvalue weighted by atomic mass is 10.2. The third-order valence-electron chi connectivity index (χ3n) is 5.71. The standard InChI is InChI=1S/C18H15P.C13H9/c1-4-10-16(11-5-1)19(17-12-6-2-7-13-17)18-14-8-3-9-15-18;1-3-7-12-10(5-1)9-11-6-2-4-8-13(11)12/h1-15H;1-9H/q;-1/p+1. The van der Waals surface area contributed by atoms with Gasteiger partial charge in [-0.05, 0) is 36.4 Å². The van der Waals surface area contributed by atoms with Crippen molar-refractivity contribution in [1.82, 2.24) is 0 Å². The van der Waals surface area contributed by atoms with Crippen molar-refractivity contribution in [2.75, 3.05) is 0 Å². The van der Waals surface area contributed by atoms with Crippen LogP contribution in [0.2, 0.25) is 0 Å². The Kier molecular flexibility index (Phi) is 6.15. The molecule has 0 nitrogen and oxygen atoms in total. The number of fused-ring (bicyclic) bond motifs is 3. The van der Waals surface area contributed by atoms with E-state index in [2.05, 4.69) is 146 Å². The van der Waals surface area contributed by atoms with Gasteiger partial charge in [-0.15, -0.1) is 46.5 Å². The quantitative estimate of drug-likeness (QED) is 0.213. The molecular formula is C31H25P. The summed E-state index contributed by atoms with van der Waals surface area (Å²) in [7, 11) is -0.877. The van der Waals surface area contributed by atoms with E-state index in [1.807, 2.05) is 0 Å². The van der Waals surface area contributed by atoms with Gasteiger partial charge >= 0.3 is 0 Å². The van der Waals surface area contributed by atoms with Crippen LogP contribution in [0.5, 0.6) is 0 Å². The number of benzene rings is 5.